The van der Waals surface area contributed by atoms with Crippen LogP contribution in [0.3, 0.4) is 0 Å². The van der Waals surface area contributed by atoms with E-state index in [0.717, 1.165) is 16.6 Å². The first-order chi connectivity index (χ1) is 9.61. The molecule has 6 heteroatoms. The highest BCUT2D eigenvalue weighted by Crippen LogP contribution is 2.28. The third-order valence-corrected chi connectivity index (χ3v) is 3.55. The highest BCUT2D eigenvalue weighted by Gasteiger charge is 2.14. The number of halogens is 1. The van der Waals surface area contributed by atoms with Crippen molar-refractivity contribution in [3.05, 3.63) is 40.5 Å². The van der Waals surface area contributed by atoms with Crippen LogP contribution < -0.4 is 0 Å². The van der Waals surface area contributed by atoms with E-state index in [4.69, 9.17) is 12.2 Å². The van der Waals surface area contributed by atoms with Gasteiger partial charge in [-0.25, -0.2) is 9.37 Å². The molecule has 0 bridgehead atoms. The Bertz CT molecular complexity index is 850. The summed E-state index contributed by atoms with van der Waals surface area (Å²) < 4.78 is 16.4. The lowest BCUT2D eigenvalue weighted by atomic mass is 10.1. The number of para-hydroxylation sites is 1. The molecule has 0 aliphatic heterocycles. The summed E-state index contributed by atoms with van der Waals surface area (Å²) >= 11 is 5.21. The standard InChI is InChI=1S/C14H13FN4S/c1-3-19-13(17-18-14(19)20)10-7-8(2)16-12-9(10)5-4-6-11(12)15/h4-7H,3H2,1-2H3,(H,18,20). The van der Waals surface area contributed by atoms with Crippen molar-refractivity contribution in [1.29, 1.82) is 0 Å². The Hall–Kier alpha value is -2.08. The second-order valence-corrected chi connectivity index (χ2v) is 4.93. The summed E-state index contributed by atoms with van der Waals surface area (Å²) in [6, 6.07) is 6.84. The maximum atomic E-state index is 13.9. The number of H-pyrrole nitrogens is 1. The van der Waals surface area contributed by atoms with Gasteiger partial charge >= 0.3 is 0 Å². The fourth-order valence-corrected chi connectivity index (χ4v) is 2.60. The Morgan fingerprint density at radius 3 is 2.95 bits per heavy atom. The molecule has 2 aromatic heterocycles. The molecule has 4 nitrogen and oxygen atoms in total. The van der Waals surface area contributed by atoms with E-state index in [-0.39, 0.29) is 5.82 Å². The van der Waals surface area contributed by atoms with Crippen LogP contribution in [-0.2, 0) is 6.54 Å². The summed E-state index contributed by atoms with van der Waals surface area (Å²) in [5, 5.41) is 7.80. The largest absolute Gasteiger partial charge is 0.300 e. The van der Waals surface area contributed by atoms with Crippen molar-refractivity contribution in [2.75, 3.05) is 0 Å². The third kappa shape index (κ3) is 1.92. The predicted molar refractivity (Wildman–Crippen MR) is 78.5 cm³/mol. The molecule has 0 radical (unpaired) electrons. The number of hydrogen-bond donors (Lipinski definition) is 1. The summed E-state index contributed by atoms with van der Waals surface area (Å²) in [5.41, 5.74) is 1.94. The van der Waals surface area contributed by atoms with E-state index < -0.39 is 0 Å². The van der Waals surface area contributed by atoms with Gasteiger partial charge < -0.3 is 4.57 Å². The molecule has 102 valence electrons. The maximum absolute atomic E-state index is 13.9. The molecule has 0 spiro atoms. The minimum absolute atomic E-state index is 0.329. The van der Waals surface area contributed by atoms with Crippen LogP contribution in [0.4, 0.5) is 4.39 Å². The molecule has 0 saturated heterocycles. The van der Waals surface area contributed by atoms with Gasteiger partial charge in [-0.15, -0.1) is 0 Å². The van der Waals surface area contributed by atoms with E-state index in [1.165, 1.54) is 6.07 Å². The molecule has 1 N–H and O–H groups in total. The molecule has 0 atom stereocenters. The van der Waals surface area contributed by atoms with E-state index >= 15 is 0 Å². The number of benzene rings is 1. The van der Waals surface area contributed by atoms with E-state index in [0.29, 0.717) is 22.7 Å². The molecule has 3 rings (SSSR count). The van der Waals surface area contributed by atoms with Gasteiger partial charge in [0.25, 0.3) is 0 Å². The number of hydrogen-bond acceptors (Lipinski definition) is 3. The fourth-order valence-electron chi connectivity index (χ4n) is 2.34. The Kier molecular flexibility index (Phi) is 3.10. The first-order valence-corrected chi connectivity index (χ1v) is 6.74. The molecule has 0 aliphatic carbocycles. The highest BCUT2D eigenvalue weighted by atomic mass is 32.1. The molecule has 0 unspecified atom stereocenters. The Morgan fingerprint density at radius 2 is 2.20 bits per heavy atom. The molecule has 20 heavy (non-hydrogen) atoms. The summed E-state index contributed by atoms with van der Waals surface area (Å²) in [4.78, 5) is 4.28. The summed E-state index contributed by atoms with van der Waals surface area (Å²) in [5.74, 6) is 0.378. The molecule has 3 aromatic rings. The molecule has 0 aliphatic rings. The average Bonchev–Trinajstić information content (AvgIpc) is 2.80. The summed E-state index contributed by atoms with van der Waals surface area (Å²) in [7, 11) is 0. The van der Waals surface area contributed by atoms with E-state index in [1.54, 1.807) is 6.07 Å². The molecule has 2 heterocycles. The second kappa shape index (κ2) is 4.79. The normalized spacial score (nSPS) is 11.2. The lowest BCUT2D eigenvalue weighted by Gasteiger charge is -2.09. The minimum atomic E-state index is -0.329. The number of nitrogens with zero attached hydrogens (tertiary/aromatic N) is 3. The van der Waals surface area contributed by atoms with Crippen molar-refractivity contribution in [3.8, 4) is 11.4 Å². The van der Waals surface area contributed by atoms with Crippen LogP contribution in [0.1, 0.15) is 12.6 Å². The van der Waals surface area contributed by atoms with E-state index in [9.17, 15) is 4.39 Å². The first kappa shape index (κ1) is 12.9. The van der Waals surface area contributed by atoms with E-state index in [2.05, 4.69) is 15.2 Å². The van der Waals surface area contributed by atoms with Gasteiger partial charge in [0.15, 0.2) is 10.6 Å². The number of aryl methyl sites for hydroxylation is 1. The quantitative estimate of drug-likeness (QED) is 0.733. The number of pyridine rings is 1. The van der Waals surface area contributed by atoms with Crippen LogP contribution in [-0.4, -0.2) is 19.7 Å². The number of rotatable bonds is 2. The van der Waals surface area contributed by atoms with Gasteiger partial charge in [-0.1, -0.05) is 12.1 Å². The van der Waals surface area contributed by atoms with Crippen molar-refractivity contribution in [3.63, 3.8) is 0 Å². The topological polar surface area (TPSA) is 46.5 Å². The average molecular weight is 288 g/mol. The van der Waals surface area contributed by atoms with Crippen LogP contribution in [0.2, 0.25) is 0 Å². The van der Waals surface area contributed by atoms with Gasteiger partial charge in [-0.2, -0.15) is 5.10 Å². The van der Waals surface area contributed by atoms with Crippen molar-refractivity contribution >= 4 is 23.1 Å². The molecular weight excluding hydrogens is 275 g/mol. The molecule has 0 fully saturated rings. The molecule has 0 amide bonds. The number of nitrogens with one attached hydrogen (secondary N) is 1. The molecular formula is C14H13FN4S. The second-order valence-electron chi connectivity index (χ2n) is 4.54. The van der Waals surface area contributed by atoms with Gasteiger partial charge in [0.1, 0.15) is 11.3 Å². The smallest absolute Gasteiger partial charge is 0.195 e. The highest BCUT2D eigenvalue weighted by molar-refractivity contribution is 7.71. The summed E-state index contributed by atoms with van der Waals surface area (Å²) in [6.45, 7) is 4.53. The lowest BCUT2D eigenvalue weighted by Crippen LogP contribution is -2.00. The monoisotopic (exact) mass is 288 g/mol. The SMILES string of the molecule is CCn1c(-c2cc(C)nc3c(F)cccc23)n[nH]c1=S. The van der Waals surface area contributed by atoms with Gasteiger partial charge in [0, 0.05) is 23.2 Å². The Balaban J connectivity index is 2.42. The zero-order valence-electron chi connectivity index (χ0n) is 11.1. The van der Waals surface area contributed by atoms with Gasteiger partial charge in [-0.05, 0) is 38.2 Å². The molecule has 1 aromatic carbocycles. The van der Waals surface area contributed by atoms with Crippen LogP contribution in [0.25, 0.3) is 22.3 Å². The van der Waals surface area contributed by atoms with Crippen LogP contribution in [0.15, 0.2) is 24.3 Å². The fraction of sp³-hybridized carbons (Fsp3) is 0.214. The Morgan fingerprint density at radius 1 is 1.40 bits per heavy atom. The van der Waals surface area contributed by atoms with Gasteiger partial charge in [0.05, 0.1) is 0 Å². The number of aromatic amines is 1. The van der Waals surface area contributed by atoms with Crippen LogP contribution >= 0.6 is 12.2 Å². The summed E-state index contributed by atoms with van der Waals surface area (Å²) in [6.07, 6.45) is 0. The van der Waals surface area contributed by atoms with E-state index in [1.807, 2.05) is 30.5 Å². The number of fused-ring (bicyclic) bond motifs is 1. The van der Waals surface area contributed by atoms with Crippen LogP contribution in [0.5, 0.6) is 0 Å². The van der Waals surface area contributed by atoms with Gasteiger partial charge in [-0.3, -0.25) is 5.10 Å². The number of aromatic nitrogens is 4. The maximum Gasteiger partial charge on any atom is 0.195 e. The van der Waals surface area contributed by atoms with Crippen molar-refractivity contribution in [1.82, 2.24) is 19.7 Å². The van der Waals surface area contributed by atoms with Crippen molar-refractivity contribution in [2.45, 2.75) is 20.4 Å². The zero-order chi connectivity index (χ0) is 14.3. The minimum Gasteiger partial charge on any atom is -0.300 e. The van der Waals surface area contributed by atoms with Crippen LogP contribution in [0, 0.1) is 17.5 Å². The predicted octanol–water partition coefficient (Wildman–Crippen LogP) is 3.62. The lowest BCUT2D eigenvalue weighted by molar-refractivity contribution is 0.636. The Labute approximate surface area is 120 Å². The first-order valence-electron chi connectivity index (χ1n) is 6.33. The zero-order valence-corrected chi connectivity index (χ0v) is 12.0. The molecule has 0 saturated carbocycles. The third-order valence-electron chi connectivity index (χ3n) is 3.23. The van der Waals surface area contributed by atoms with Crippen molar-refractivity contribution in [2.24, 2.45) is 0 Å². The van der Waals surface area contributed by atoms with Gasteiger partial charge in [0.2, 0.25) is 0 Å². The van der Waals surface area contributed by atoms with Crippen molar-refractivity contribution < 1.29 is 4.39 Å².